The van der Waals surface area contributed by atoms with E-state index in [2.05, 4.69) is 10.6 Å². The number of carboxylic acids is 1. The Morgan fingerprint density at radius 2 is 1.35 bits per heavy atom. The highest BCUT2D eigenvalue weighted by molar-refractivity contribution is 7.91. The molecule has 0 fully saturated rings. The van der Waals surface area contributed by atoms with Gasteiger partial charge in [0.25, 0.3) is 0 Å². The molecule has 0 spiro atoms. The quantitative estimate of drug-likeness (QED) is 0.176. The van der Waals surface area contributed by atoms with Crippen molar-refractivity contribution < 1.29 is 42.1 Å². The number of ether oxygens (including phenoxy) is 3. The van der Waals surface area contributed by atoms with Crippen LogP contribution in [0.2, 0.25) is 0 Å². The van der Waals surface area contributed by atoms with Crippen LogP contribution in [0.5, 0.6) is 11.5 Å². The van der Waals surface area contributed by atoms with Gasteiger partial charge >= 0.3 is 18.0 Å². The first-order valence-electron chi connectivity index (χ1n) is 14.1. The Hall–Kier alpha value is -5.36. The second kappa shape index (κ2) is 16.6. The molecule has 4 aromatic rings. The van der Waals surface area contributed by atoms with Crippen LogP contribution in [-0.4, -0.2) is 58.9 Å². The molecule has 0 heterocycles. The Morgan fingerprint density at radius 3 is 1.89 bits per heavy atom. The minimum Gasteiger partial charge on any atom is -0.496 e. The van der Waals surface area contributed by atoms with Crippen molar-refractivity contribution in [2.24, 2.45) is 0 Å². The molecule has 4 rings (SSSR count). The van der Waals surface area contributed by atoms with Gasteiger partial charge in [-0.05, 0) is 47.5 Å². The molecule has 3 N–H and O–H groups in total. The maximum absolute atomic E-state index is 13.2. The van der Waals surface area contributed by atoms with Crippen molar-refractivity contribution in [1.29, 1.82) is 0 Å². The smallest absolute Gasteiger partial charge is 0.328 e. The molecule has 242 valence electrons. The molecule has 0 unspecified atom stereocenters. The maximum atomic E-state index is 13.2. The topological polar surface area (TPSA) is 157 Å². The molecule has 11 nitrogen and oxygen atoms in total. The molecule has 0 aliphatic heterocycles. The molecule has 0 bridgehead atoms. The molecule has 0 saturated carbocycles. The Bertz CT molecular complexity index is 1720. The highest BCUT2D eigenvalue weighted by atomic mass is 32.2. The summed E-state index contributed by atoms with van der Waals surface area (Å²) in [5.74, 6) is -0.0966. The Morgan fingerprint density at radius 1 is 0.783 bits per heavy atom. The summed E-state index contributed by atoms with van der Waals surface area (Å²) >= 11 is 0. The van der Waals surface area contributed by atoms with Crippen LogP contribution < -0.4 is 20.1 Å². The van der Waals surface area contributed by atoms with E-state index in [0.29, 0.717) is 11.5 Å². The zero-order valence-corrected chi connectivity index (χ0v) is 26.7. The van der Waals surface area contributed by atoms with Crippen molar-refractivity contribution in [3.05, 3.63) is 103 Å². The lowest BCUT2D eigenvalue weighted by Gasteiger charge is -2.19. The highest BCUT2D eigenvalue weighted by Gasteiger charge is 2.25. The average molecular weight is 649 g/mol. The lowest BCUT2D eigenvalue weighted by Crippen LogP contribution is -2.45. The molecule has 2 amide bonds. The first kappa shape index (κ1) is 35.1. The van der Waals surface area contributed by atoms with Crippen LogP contribution in [0, 0.1) is 0 Å². The molecular formula is C34H36N2O9S. The first-order valence-corrected chi connectivity index (χ1v) is 15.6. The molecule has 0 aromatic heterocycles. The molecule has 0 aliphatic carbocycles. The van der Waals surface area contributed by atoms with Crippen LogP contribution in [0.15, 0.2) is 107 Å². The van der Waals surface area contributed by atoms with Gasteiger partial charge in [0.2, 0.25) is 9.84 Å². The van der Waals surface area contributed by atoms with Crippen molar-refractivity contribution in [1.82, 2.24) is 5.32 Å². The number of carboxylic acid groups (broad SMARTS) is 1. The second-order valence-electron chi connectivity index (χ2n) is 9.67. The minimum absolute atomic E-state index is 0.0710. The van der Waals surface area contributed by atoms with E-state index < -0.39 is 33.8 Å². The maximum Gasteiger partial charge on any atom is 0.328 e. The van der Waals surface area contributed by atoms with Crippen molar-refractivity contribution in [2.45, 2.75) is 35.6 Å². The minimum atomic E-state index is -3.90. The Kier molecular flexibility index (Phi) is 12.7. The van der Waals surface area contributed by atoms with Crippen LogP contribution in [0.1, 0.15) is 18.9 Å². The van der Waals surface area contributed by atoms with Gasteiger partial charge < -0.3 is 30.0 Å². The third-order valence-corrected chi connectivity index (χ3v) is 8.51. The van der Waals surface area contributed by atoms with Gasteiger partial charge in [-0.2, -0.15) is 0 Å². The number of nitrogens with one attached hydrogen (secondary N) is 2. The number of sulfone groups is 1. The SMILES string of the molecule is CCC(=O)O.COC(=O)[C@H](Cc1ccc(-c2c(OC)cccc2OC)cc1)NC(=O)Nc1ccccc1S(=O)(=O)c1ccccc1. The number of amides is 2. The van der Waals surface area contributed by atoms with Gasteiger partial charge in [0.15, 0.2) is 0 Å². The van der Waals surface area contributed by atoms with Crippen LogP contribution >= 0.6 is 0 Å². The molecule has 0 aliphatic rings. The number of aliphatic carboxylic acids is 1. The summed E-state index contributed by atoms with van der Waals surface area (Å²) in [6.07, 6.45) is 0.355. The lowest BCUT2D eigenvalue weighted by atomic mass is 9.99. The number of benzene rings is 4. The van der Waals surface area contributed by atoms with Gasteiger partial charge in [-0.25, -0.2) is 18.0 Å². The van der Waals surface area contributed by atoms with Crippen molar-refractivity contribution in [3.8, 4) is 22.6 Å². The van der Waals surface area contributed by atoms with Gasteiger partial charge in [0.05, 0.1) is 42.4 Å². The number of methoxy groups -OCH3 is 3. The molecule has 12 heteroatoms. The van der Waals surface area contributed by atoms with E-state index >= 15 is 0 Å². The van der Waals surface area contributed by atoms with Crippen LogP contribution in [0.4, 0.5) is 10.5 Å². The van der Waals surface area contributed by atoms with Gasteiger partial charge in [-0.3, -0.25) is 4.79 Å². The number of rotatable bonds is 11. The third-order valence-electron chi connectivity index (χ3n) is 6.68. The van der Waals surface area contributed by atoms with Crippen molar-refractivity contribution >= 4 is 33.5 Å². The van der Waals surface area contributed by atoms with E-state index in [4.69, 9.17) is 19.3 Å². The summed E-state index contributed by atoms with van der Waals surface area (Å²) in [6.45, 7) is 1.60. The second-order valence-corrected chi connectivity index (χ2v) is 11.6. The summed E-state index contributed by atoms with van der Waals surface area (Å²) in [6, 6.07) is 25.1. The van der Waals surface area contributed by atoms with E-state index in [-0.39, 0.29) is 28.3 Å². The molecule has 46 heavy (non-hydrogen) atoms. The molecule has 0 saturated heterocycles. The highest BCUT2D eigenvalue weighted by Crippen LogP contribution is 2.38. The van der Waals surface area contributed by atoms with Gasteiger partial charge in [0.1, 0.15) is 17.5 Å². The van der Waals surface area contributed by atoms with Gasteiger partial charge in [-0.15, -0.1) is 0 Å². The number of urea groups is 1. The summed E-state index contributed by atoms with van der Waals surface area (Å²) in [7, 11) is 0.494. The molecule has 0 radical (unpaired) electrons. The number of hydrogen-bond donors (Lipinski definition) is 3. The van der Waals surface area contributed by atoms with Crippen molar-refractivity contribution in [3.63, 3.8) is 0 Å². The monoisotopic (exact) mass is 648 g/mol. The van der Waals surface area contributed by atoms with Crippen LogP contribution in [0.25, 0.3) is 11.1 Å². The molecule has 1 atom stereocenters. The number of anilines is 1. The summed E-state index contributed by atoms with van der Waals surface area (Å²) in [5.41, 5.74) is 2.47. The third kappa shape index (κ3) is 9.08. The zero-order valence-electron chi connectivity index (χ0n) is 25.9. The summed E-state index contributed by atoms with van der Waals surface area (Å²) < 4.78 is 42.3. The first-order chi connectivity index (χ1) is 22.0. The number of hydrogen-bond acceptors (Lipinski definition) is 8. The van der Waals surface area contributed by atoms with Gasteiger partial charge in [0, 0.05) is 12.8 Å². The Labute approximate surface area is 268 Å². The fraction of sp³-hybridized carbons (Fsp3) is 0.206. The summed E-state index contributed by atoms with van der Waals surface area (Å²) in [4.78, 5) is 34.9. The zero-order chi connectivity index (χ0) is 33.7. The number of carbonyl (C=O) groups is 3. The van der Waals surface area contributed by atoms with E-state index in [1.165, 1.54) is 31.4 Å². The lowest BCUT2D eigenvalue weighted by molar-refractivity contribution is -0.142. The Balaban J connectivity index is 0.00000107. The fourth-order valence-corrected chi connectivity index (χ4v) is 5.80. The standard InChI is InChI=1S/C31H30N2O7S.C3H6O2/c1-38-26-13-9-14-27(39-2)29(26)22-18-16-21(17-19-22)20-25(30(34)40-3)33-31(35)32-24-12-7-8-15-28(24)41(36,37)23-10-5-4-6-11-23;1-2-3(4)5/h4-19,25H,20H2,1-3H3,(H2,32,33,35);2H2,1H3,(H,4,5)/t25-;/m0./s1. The molecule has 4 aromatic carbocycles. The van der Waals surface area contributed by atoms with Gasteiger partial charge in [-0.1, -0.05) is 67.6 Å². The predicted octanol–water partition coefficient (Wildman–Crippen LogP) is 5.59. The van der Waals surface area contributed by atoms with Crippen LogP contribution in [-0.2, 0) is 30.6 Å². The number of esters is 1. The number of carbonyl (C=O) groups excluding carboxylic acids is 2. The normalized spacial score (nSPS) is 11.2. The van der Waals surface area contributed by atoms with Crippen molar-refractivity contribution in [2.75, 3.05) is 26.6 Å². The fourth-order valence-electron chi connectivity index (χ4n) is 4.36. The van der Waals surface area contributed by atoms with E-state index in [0.717, 1.165) is 16.7 Å². The average Bonchev–Trinajstić information content (AvgIpc) is 3.08. The summed E-state index contributed by atoms with van der Waals surface area (Å²) in [5, 5.41) is 12.9. The predicted molar refractivity (Wildman–Crippen MR) is 173 cm³/mol. The van der Waals surface area contributed by atoms with E-state index in [1.54, 1.807) is 51.5 Å². The van der Waals surface area contributed by atoms with E-state index in [9.17, 15) is 22.8 Å². The number of para-hydroxylation sites is 1. The largest absolute Gasteiger partial charge is 0.496 e. The van der Waals surface area contributed by atoms with E-state index in [1.807, 2.05) is 42.5 Å². The molecular weight excluding hydrogens is 612 g/mol. The van der Waals surface area contributed by atoms with Crippen LogP contribution in [0.3, 0.4) is 0 Å².